The number of nitrogens with one attached hydrogen (secondary N) is 1. The average Bonchev–Trinajstić information content (AvgIpc) is 2.44. The number of carbonyl (C=O) groups is 2. The fourth-order valence-electron chi connectivity index (χ4n) is 2.13. The van der Waals surface area contributed by atoms with Crippen molar-refractivity contribution in [1.29, 1.82) is 0 Å². The van der Waals surface area contributed by atoms with E-state index in [1.165, 1.54) is 5.56 Å². The van der Waals surface area contributed by atoms with Crippen molar-refractivity contribution >= 4 is 30.9 Å². The van der Waals surface area contributed by atoms with Crippen LogP contribution in [0.15, 0.2) is 24.3 Å². The molecule has 130 valence electrons. The number of carboxylic acids is 1. The second-order valence-electron chi connectivity index (χ2n) is 6.30. The number of amides is 1. The van der Waals surface area contributed by atoms with Crippen molar-refractivity contribution in [1.82, 2.24) is 10.2 Å². The van der Waals surface area contributed by atoms with Gasteiger partial charge in [0.1, 0.15) is 12.6 Å². The Hall–Kier alpha value is -1.48. The third-order valence-electron chi connectivity index (χ3n) is 3.19. The van der Waals surface area contributed by atoms with Crippen LogP contribution in [-0.4, -0.2) is 61.1 Å². The Kier molecular flexibility index (Phi) is 10.5. The molecule has 1 rings (SSSR count). The topological polar surface area (TPSA) is 78.9 Å². The molecule has 6 nitrogen and oxygen atoms in total. The standard InChI is InChI=1S/C17H26N2O4.Li.H/c1-12(2)9-15(16(20)21)18-17(22)23-11-14-7-5-13(6-8-14)10-19(3)4;;/h5-8,12,15H,9-11H2,1-4H3,(H,18,22)(H,20,21);;/t15-;;/m0../s1. The molecule has 1 atom stereocenters. The van der Waals surface area contributed by atoms with Gasteiger partial charge in [0.05, 0.1) is 0 Å². The van der Waals surface area contributed by atoms with Crippen LogP contribution in [0.3, 0.4) is 0 Å². The van der Waals surface area contributed by atoms with Crippen LogP contribution >= 0.6 is 0 Å². The molecule has 0 aliphatic rings. The minimum absolute atomic E-state index is 0. The van der Waals surface area contributed by atoms with E-state index in [2.05, 4.69) is 10.2 Å². The number of aliphatic carboxylic acids is 1. The predicted molar refractivity (Wildman–Crippen MR) is 95.2 cm³/mol. The van der Waals surface area contributed by atoms with Gasteiger partial charge in [-0.05, 0) is 37.6 Å². The molecule has 2 N–H and O–H groups in total. The maximum atomic E-state index is 11.7. The van der Waals surface area contributed by atoms with Gasteiger partial charge in [0.2, 0.25) is 0 Å². The normalized spacial score (nSPS) is 11.8. The van der Waals surface area contributed by atoms with Gasteiger partial charge >= 0.3 is 30.9 Å². The van der Waals surface area contributed by atoms with E-state index in [1.807, 2.05) is 52.2 Å². The van der Waals surface area contributed by atoms with Gasteiger partial charge < -0.3 is 20.1 Å². The van der Waals surface area contributed by atoms with Crippen LogP contribution in [-0.2, 0) is 22.7 Å². The number of alkyl carbamates (subject to hydrolysis) is 1. The van der Waals surface area contributed by atoms with Crippen LogP contribution in [0.2, 0.25) is 0 Å². The van der Waals surface area contributed by atoms with E-state index in [9.17, 15) is 9.59 Å². The molecule has 24 heavy (non-hydrogen) atoms. The fraction of sp³-hybridized carbons (Fsp3) is 0.529. The molecule has 1 amide bonds. The van der Waals surface area contributed by atoms with Crippen LogP contribution in [0.5, 0.6) is 0 Å². The number of carboxylic acid groups (broad SMARTS) is 1. The number of ether oxygens (including phenoxy) is 1. The molecule has 1 aromatic carbocycles. The van der Waals surface area contributed by atoms with Gasteiger partial charge in [0, 0.05) is 6.54 Å². The Balaban J connectivity index is 0.00000529. The summed E-state index contributed by atoms with van der Waals surface area (Å²) < 4.78 is 5.09. The summed E-state index contributed by atoms with van der Waals surface area (Å²) in [4.78, 5) is 24.9. The van der Waals surface area contributed by atoms with E-state index in [-0.39, 0.29) is 31.4 Å². The number of hydrogen-bond donors (Lipinski definition) is 2. The molecule has 0 bridgehead atoms. The van der Waals surface area contributed by atoms with Crippen molar-refractivity contribution in [3.8, 4) is 0 Å². The number of nitrogens with zero attached hydrogens (tertiary/aromatic N) is 1. The second kappa shape index (κ2) is 11.1. The summed E-state index contributed by atoms with van der Waals surface area (Å²) >= 11 is 0. The van der Waals surface area contributed by atoms with Crippen molar-refractivity contribution in [2.24, 2.45) is 5.92 Å². The first-order chi connectivity index (χ1) is 10.8. The quantitative estimate of drug-likeness (QED) is 0.711. The summed E-state index contributed by atoms with van der Waals surface area (Å²) in [6.07, 6.45) is -0.348. The molecule has 0 aliphatic carbocycles. The van der Waals surface area contributed by atoms with Gasteiger partial charge in [-0.1, -0.05) is 38.1 Å². The first-order valence-electron chi connectivity index (χ1n) is 7.66. The Morgan fingerprint density at radius 2 is 1.71 bits per heavy atom. The minimum atomic E-state index is -1.05. The first kappa shape index (κ1) is 22.5. The maximum absolute atomic E-state index is 11.7. The number of carbonyl (C=O) groups excluding carboxylic acids is 1. The van der Waals surface area contributed by atoms with E-state index in [4.69, 9.17) is 9.84 Å². The zero-order valence-electron chi connectivity index (χ0n) is 14.2. The Labute approximate surface area is 155 Å². The molecular formula is C17H27LiN2O4. The SMILES string of the molecule is CC(C)C[C@H](NC(=O)OCc1ccc(CN(C)C)cc1)C(=O)O.[LiH]. The van der Waals surface area contributed by atoms with Crippen molar-refractivity contribution in [3.63, 3.8) is 0 Å². The average molecular weight is 330 g/mol. The molecule has 0 heterocycles. The first-order valence-corrected chi connectivity index (χ1v) is 7.66. The van der Waals surface area contributed by atoms with Crippen molar-refractivity contribution in [3.05, 3.63) is 35.4 Å². The van der Waals surface area contributed by atoms with Crippen LogP contribution in [0.1, 0.15) is 31.4 Å². The molecule has 7 heteroatoms. The van der Waals surface area contributed by atoms with Gasteiger partial charge in [-0.15, -0.1) is 0 Å². The molecule has 0 aliphatic heterocycles. The summed E-state index contributed by atoms with van der Waals surface area (Å²) in [6.45, 7) is 4.76. The Morgan fingerprint density at radius 3 is 2.17 bits per heavy atom. The summed E-state index contributed by atoms with van der Waals surface area (Å²) in [5, 5.41) is 11.5. The number of benzene rings is 1. The van der Waals surface area contributed by atoms with Crippen LogP contribution in [0, 0.1) is 5.92 Å². The molecule has 0 radical (unpaired) electrons. The molecule has 0 saturated carbocycles. The van der Waals surface area contributed by atoms with Gasteiger partial charge in [0.25, 0.3) is 0 Å². The van der Waals surface area contributed by atoms with Crippen LogP contribution in [0.4, 0.5) is 4.79 Å². The number of rotatable bonds is 8. The zero-order chi connectivity index (χ0) is 17.4. The van der Waals surface area contributed by atoms with Crippen molar-refractivity contribution in [2.45, 2.75) is 39.5 Å². The van der Waals surface area contributed by atoms with E-state index in [0.29, 0.717) is 6.42 Å². The van der Waals surface area contributed by atoms with E-state index < -0.39 is 18.1 Å². The van der Waals surface area contributed by atoms with Crippen LogP contribution < -0.4 is 5.32 Å². The van der Waals surface area contributed by atoms with E-state index in [0.717, 1.165) is 12.1 Å². The van der Waals surface area contributed by atoms with Crippen LogP contribution in [0.25, 0.3) is 0 Å². The monoisotopic (exact) mass is 330 g/mol. The molecule has 0 spiro atoms. The summed E-state index contributed by atoms with van der Waals surface area (Å²) in [5.74, 6) is -0.885. The van der Waals surface area contributed by atoms with Crippen molar-refractivity contribution < 1.29 is 19.4 Å². The Bertz CT molecular complexity index is 518. The predicted octanol–water partition coefficient (Wildman–Crippen LogP) is 1.83. The fourth-order valence-corrected chi connectivity index (χ4v) is 2.13. The molecule has 0 saturated heterocycles. The molecule has 0 aromatic heterocycles. The van der Waals surface area contributed by atoms with E-state index in [1.54, 1.807) is 0 Å². The van der Waals surface area contributed by atoms with Gasteiger partial charge in [-0.2, -0.15) is 0 Å². The summed E-state index contributed by atoms with van der Waals surface area (Å²) in [6, 6.07) is 6.83. The van der Waals surface area contributed by atoms with Gasteiger partial charge in [0.15, 0.2) is 0 Å². The molecule has 0 fully saturated rings. The van der Waals surface area contributed by atoms with Gasteiger partial charge in [-0.25, -0.2) is 9.59 Å². The molecular weight excluding hydrogens is 303 g/mol. The third kappa shape index (κ3) is 8.97. The van der Waals surface area contributed by atoms with Gasteiger partial charge in [-0.3, -0.25) is 0 Å². The number of hydrogen-bond acceptors (Lipinski definition) is 4. The summed E-state index contributed by atoms with van der Waals surface area (Å²) in [5.41, 5.74) is 2.03. The molecule has 0 unspecified atom stereocenters. The third-order valence-corrected chi connectivity index (χ3v) is 3.19. The Morgan fingerprint density at radius 1 is 1.17 bits per heavy atom. The summed E-state index contributed by atoms with van der Waals surface area (Å²) in [7, 11) is 3.99. The second-order valence-corrected chi connectivity index (χ2v) is 6.30. The molecule has 1 aromatic rings. The van der Waals surface area contributed by atoms with E-state index >= 15 is 0 Å². The van der Waals surface area contributed by atoms with Crippen molar-refractivity contribution in [2.75, 3.05) is 14.1 Å². The zero-order valence-corrected chi connectivity index (χ0v) is 14.2.